The summed E-state index contributed by atoms with van der Waals surface area (Å²) in [5.41, 5.74) is -0.316. The molecule has 1 heterocycles. The maximum absolute atomic E-state index is 10.2. The number of hydrogen-bond acceptors (Lipinski definition) is 5. The van der Waals surface area contributed by atoms with Crippen molar-refractivity contribution < 1.29 is 10.0 Å². The molecule has 0 saturated carbocycles. The molecule has 1 aromatic rings. The van der Waals surface area contributed by atoms with Crippen LogP contribution in [0.25, 0.3) is 0 Å². The number of H-pyrrole nitrogens is 1. The normalized spacial score (nSPS) is 9.33. The maximum Gasteiger partial charge on any atom is 0.359 e. The van der Waals surface area contributed by atoms with E-state index in [9.17, 15) is 10.1 Å². The highest BCUT2D eigenvalue weighted by Gasteiger charge is 2.18. The van der Waals surface area contributed by atoms with E-state index >= 15 is 0 Å². The molecule has 0 aliphatic rings. The lowest BCUT2D eigenvalue weighted by atomic mass is 10.5. The maximum atomic E-state index is 10.2. The fraction of sp³-hybridized carbons (Fsp3) is 0.200. The van der Waals surface area contributed by atoms with Crippen LogP contribution in [0, 0.1) is 21.4 Å². The van der Waals surface area contributed by atoms with Gasteiger partial charge in [0.1, 0.15) is 12.7 Å². The van der Waals surface area contributed by atoms with Gasteiger partial charge in [-0.3, -0.25) is 0 Å². The Balaban J connectivity index is 3.19. The lowest BCUT2D eigenvalue weighted by molar-refractivity contribution is -0.389. The zero-order valence-corrected chi connectivity index (χ0v) is 5.81. The van der Waals surface area contributed by atoms with Gasteiger partial charge in [-0.25, -0.2) is 4.98 Å². The van der Waals surface area contributed by atoms with Crippen LogP contribution in [0.1, 0.15) is 11.5 Å². The second kappa shape index (κ2) is 2.98. The van der Waals surface area contributed by atoms with Crippen LogP contribution in [0.5, 0.6) is 0 Å². The van der Waals surface area contributed by atoms with Gasteiger partial charge in [-0.2, -0.15) is 10.2 Å². The topological polar surface area (TPSA) is 116 Å². The molecule has 1 aromatic heterocycles. The van der Waals surface area contributed by atoms with Crippen LogP contribution in [0.15, 0.2) is 0 Å². The Hall–Kier alpha value is -1.94. The van der Waals surface area contributed by atoms with Crippen molar-refractivity contribution in [3.63, 3.8) is 0 Å². The molecule has 1 rings (SSSR count). The van der Waals surface area contributed by atoms with E-state index in [-0.39, 0.29) is 11.5 Å². The Morgan fingerprint density at radius 3 is 2.83 bits per heavy atom. The molecule has 0 aliphatic heterocycles. The Kier molecular flexibility index (Phi) is 2.02. The predicted molar refractivity (Wildman–Crippen MR) is 35.9 cm³/mol. The van der Waals surface area contributed by atoms with Gasteiger partial charge in [0.15, 0.2) is 0 Å². The number of rotatable bonds is 2. The summed E-state index contributed by atoms with van der Waals surface area (Å²) in [6, 6.07) is 1.54. The molecule has 0 aliphatic carbocycles. The molecular weight excluding hydrogens is 164 g/mol. The molecule has 0 bridgehead atoms. The number of aliphatic hydroxyl groups is 1. The van der Waals surface area contributed by atoms with Crippen molar-refractivity contribution in [1.82, 2.24) is 9.97 Å². The number of nitrogens with one attached hydrogen (secondary N) is 1. The molecule has 0 saturated heterocycles. The monoisotopic (exact) mass is 168 g/mol. The third-order valence-electron chi connectivity index (χ3n) is 1.17. The van der Waals surface area contributed by atoms with E-state index < -0.39 is 17.3 Å². The first-order valence-corrected chi connectivity index (χ1v) is 2.93. The Morgan fingerprint density at radius 1 is 1.83 bits per heavy atom. The average Bonchev–Trinajstić information content (AvgIpc) is 2.47. The molecule has 0 fully saturated rings. The fourth-order valence-corrected chi connectivity index (χ4v) is 0.697. The molecular formula is C5H4N4O3. The van der Waals surface area contributed by atoms with Gasteiger partial charge in [-0.1, -0.05) is 0 Å². The van der Waals surface area contributed by atoms with Crippen LogP contribution in [-0.4, -0.2) is 20.0 Å². The second-order valence-corrected chi connectivity index (χ2v) is 1.91. The molecule has 0 amide bonds. The molecule has 0 radical (unpaired) electrons. The van der Waals surface area contributed by atoms with Crippen LogP contribution < -0.4 is 0 Å². The molecule has 7 heteroatoms. The van der Waals surface area contributed by atoms with Gasteiger partial charge in [0.2, 0.25) is 11.5 Å². The molecule has 2 N–H and O–H groups in total. The summed E-state index contributed by atoms with van der Waals surface area (Å²) in [6.45, 7) is -0.456. The van der Waals surface area contributed by atoms with Crippen LogP contribution in [-0.2, 0) is 6.61 Å². The van der Waals surface area contributed by atoms with Gasteiger partial charge in [-0.15, -0.1) is 0 Å². The largest absolute Gasteiger partial charge is 0.386 e. The summed E-state index contributed by atoms with van der Waals surface area (Å²) in [5, 5.41) is 27.1. The van der Waals surface area contributed by atoms with Crippen molar-refractivity contribution in [1.29, 1.82) is 5.26 Å². The summed E-state index contributed by atoms with van der Waals surface area (Å²) in [7, 11) is 0. The van der Waals surface area contributed by atoms with Gasteiger partial charge in [0, 0.05) is 0 Å². The second-order valence-electron chi connectivity index (χ2n) is 1.91. The molecule has 0 atom stereocenters. The zero-order valence-electron chi connectivity index (χ0n) is 5.81. The van der Waals surface area contributed by atoms with Crippen molar-refractivity contribution in [3.8, 4) is 6.07 Å². The van der Waals surface area contributed by atoms with E-state index in [4.69, 9.17) is 10.4 Å². The predicted octanol–water partition coefficient (Wildman–Crippen LogP) is -0.318. The smallest absolute Gasteiger partial charge is 0.359 e. The standard InChI is InChI=1S/C5H4N4O3/c6-1-3-5(9(11)12)8-4(2-10)7-3/h10H,2H2,(H,7,8). The number of aliphatic hydroxyl groups excluding tert-OH is 1. The van der Waals surface area contributed by atoms with Crippen molar-refractivity contribution >= 4 is 5.82 Å². The number of nitro groups is 1. The van der Waals surface area contributed by atoms with Crippen molar-refractivity contribution in [2.24, 2.45) is 0 Å². The van der Waals surface area contributed by atoms with Crippen LogP contribution in [0.2, 0.25) is 0 Å². The van der Waals surface area contributed by atoms with Gasteiger partial charge >= 0.3 is 5.82 Å². The third kappa shape index (κ3) is 1.23. The molecule has 0 unspecified atom stereocenters. The van der Waals surface area contributed by atoms with Crippen molar-refractivity contribution in [3.05, 3.63) is 21.6 Å². The summed E-state index contributed by atoms with van der Waals surface area (Å²) < 4.78 is 0. The highest BCUT2D eigenvalue weighted by atomic mass is 16.6. The van der Waals surface area contributed by atoms with Crippen LogP contribution >= 0.6 is 0 Å². The Bertz CT molecular complexity index is 350. The van der Waals surface area contributed by atoms with Gasteiger partial charge in [-0.05, 0) is 4.92 Å². The fourth-order valence-electron chi connectivity index (χ4n) is 0.697. The third-order valence-corrected chi connectivity index (χ3v) is 1.17. The van der Waals surface area contributed by atoms with E-state index in [1.807, 2.05) is 0 Å². The highest BCUT2D eigenvalue weighted by molar-refractivity contribution is 5.38. The Labute approximate surface area is 66.4 Å². The zero-order chi connectivity index (χ0) is 9.14. The average molecular weight is 168 g/mol. The number of hydrogen-bond donors (Lipinski definition) is 2. The minimum Gasteiger partial charge on any atom is -0.386 e. The summed E-state index contributed by atoms with van der Waals surface area (Å²) in [5.74, 6) is -0.472. The summed E-state index contributed by atoms with van der Waals surface area (Å²) >= 11 is 0. The molecule has 62 valence electrons. The quantitative estimate of drug-likeness (QED) is 0.463. The molecule has 7 nitrogen and oxygen atoms in total. The highest BCUT2D eigenvalue weighted by Crippen LogP contribution is 2.13. The first-order chi connectivity index (χ1) is 5.69. The van der Waals surface area contributed by atoms with Gasteiger partial charge < -0.3 is 15.2 Å². The lowest BCUT2D eigenvalue weighted by Gasteiger charge is -1.86. The number of nitriles is 1. The van der Waals surface area contributed by atoms with Crippen LogP contribution in [0.3, 0.4) is 0 Å². The van der Waals surface area contributed by atoms with E-state index in [1.54, 1.807) is 0 Å². The van der Waals surface area contributed by atoms with E-state index in [2.05, 4.69) is 9.97 Å². The number of imidazole rings is 1. The molecule has 0 spiro atoms. The lowest BCUT2D eigenvalue weighted by Crippen LogP contribution is -1.90. The number of aromatic amines is 1. The Morgan fingerprint density at radius 2 is 2.50 bits per heavy atom. The van der Waals surface area contributed by atoms with E-state index in [0.717, 1.165) is 0 Å². The minimum atomic E-state index is -0.759. The van der Waals surface area contributed by atoms with Crippen molar-refractivity contribution in [2.45, 2.75) is 6.61 Å². The van der Waals surface area contributed by atoms with E-state index in [1.165, 1.54) is 6.07 Å². The number of aromatic nitrogens is 2. The summed E-state index contributed by atoms with van der Waals surface area (Å²) in [6.07, 6.45) is 0. The van der Waals surface area contributed by atoms with E-state index in [0.29, 0.717) is 0 Å². The van der Waals surface area contributed by atoms with Gasteiger partial charge in [0.05, 0.1) is 0 Å². The van der Waals surface area contributed by atoms with Crippen LogP contribution in [0.4, 0.5) is 5.82 Å². The summed E-state index contributed by atoms with van der Waals surface area (Å²) in [4.78, 5) is 15.1. The van der Waals surface area contributed by atoms with Gasteiger partial charge in [0.25, 0.3) is 0 Å². The SMILES string of the molecule is N#Cc1nc(CO)[nH]c1[N+](=O)[O-]. The minimum absolute atomic E-state index is 0.0123. The first kappa shape index (κ1) is 8.16. The molecule has 12 heavy (non-hydrogen) atoms. The molecule has 0 aromatic carbocycles. The first-order valence-electron chi connectivity index (χ1n) is 2.93. The number of nitrogens with zero attached hydrogens (tertiary/aromatic N) is 3. The van der Waals surface area contributed by atoms with Crippen molar-refractivity contribution in [2.75, 3.05) is 0 Å².